The zero-order valence-electron chi connectivity index (χ0n) is 14.0. The summed E-state index contributed by atoms with van der Waals surface area (Å²) in [6, 6.07) is 6.91. The molecule has 0 radical (unpaired) electrons. The summed E-state index contributed by atoms with van der Waals surface area (Å²) in [5.41, 5.74) is 0.420. The van der Waals surface area contributed by atoms with E-state index in [1.165, 1.54) is 0 Å². The number of halogens is 1. The number of nitrogens with one attached hydrogen (secondary N) is 2. The number of hydrogen-bond donors (Lipinski definition) is 3. The third-order valence-electron chi connectivity index (χ3n) is 3.43. The van der Waals surface area contributed by atoms with Crippen molar-refractivity contribution in [3.63, 3.8) is 0 Å². The number of anilines is 1. The van der Waals surface area contributed by atoms with Crippen LogP contribution in [0.15, 0.2) is 34.2 Å². The smallest absolute Gasteiger partial charge is 0.258 e. The van der Waals surface area contributed by atoms with Crippen molar-refractivity contribution < 1.29 is 9.90 Å². The fourth-order valence-electron chi connectivity index (χ4n) is 2.08. The van der Waals surface area contributed by atoms with Gasteiger partial charge in [-0.25, -0.2) is 0 Å². The van der Waals surface area contributed by atoms with Gasteiger partial charge in [-0.15, -0.1) is 0 Å². The van der Waals surface area contributed by atoms with Crippen LogP contribution in [0.5, 0.6) is 5.88 Å². The van der Waals surface area contributed by atoms with E-state index in [1.807, 2.05) is 13.8 Å². The lowest BCUT2D eigenvalue weighted by atomic mass is 10.0. The predicted octanol–water partition coefficient (Wildman–Crippen LogP) is 3.45. The Morgan fingerprint density at radius 1 is 1.40 bits per heavy atom. The Balaban J connectivity index is 1.98. The van der Waals surface area contributed by atoms with Crippen molar-refractivity contribution in [2.75, 3.05) is 11.1 Å². The van der Waals surface area contributed by atoms with Crippen LogP contribution in [-0.2, 0) is 11.2 Å². The number of thioether (sulfide) groups is 1. The third kappa shape index (κ3) is 5.79. The van der Waals surface area contributed by atoms with E-state index in [0.717, 1.165) is 18.2 Å². The summed E-state index contributed by atoms with van der Waals surface area (Å²) >= 11 is 7.02. The highest BCUT2D eigenvalue weighted by Gasteiger charge is 2.13. The van der Waals surface area contributed by atoms with Crippen LogP contribution in [0.4, 0.5) is 5.69 Å². The van der Waals surface area contributed by atoms with Crippen LogP contribution < -0.4 is 10.9 Å². The van der Waals surface area contributed by atoms with Crippen LogP contribution in [0.2, 0.25) is 5.02 Å². The van der Waals surface area contributed by atoms with Crippen molar-refractivity contribution in [3.05, 3.63) is 45.2 Å². The van der Waals surface area contributed by atoms with E-state index in [2.05, 4.69) is 15.3 Å². The SMILES string of the molecule is CC(C)CCc1c(O)nc(SCC(=O)Nc2ccccc2Cl)[nH]c1=O. The van der Waals surface area contributed by atoms with Gasteiger partial charge in [-0.3, -0.25) is 9.59 Å². The molecular weight excluding hydrogens is 362 g/mol. The molecule has 1 aromatic carbocycles. The van der Waals surface area contributed by atoms with E-state index in [0.29, 0.717) is 23.0 Å². The molecule has 1 heterocycles. The molecule has 1 amide bonds. The molecule has 0 aliphatic heterocycles. The maximum absolute atomic E-state index is 12.1. The number of H-pyrrole nitrogens is 1. The monoisotopic (exact) mass is 381 g/mol. The molecule has 0 saturated carbocycles. The summed E-state index contributed by atoms with van der Waals surface area (Å²) in [7, 11) is 0. The molecule has 25 heavy (non-hydrogen) atoms. The lowest BCUT2D eigenvalue weighted by Crippen LogP contribution is -2.18. The zero-order valence-corrected chi connectivity index (χ0v) is 15.6. The number of carbonyl (C=O) groups excluding carboxylic acids is 1. The maximum Gasteiger partial charge on any atom is 0.258 e. The topological polar surface area (TPSA) is 95.1 Å². The van der Waals surface area contributed by atoms with Gasteiger partial charge in [0.2, 0.25) is 11.8 Å². The van der Waals surface area contributed by atoms with Gasteiger partial charge in [0, 0.05) is 0 Å². The van der Waals surface area contributed by atoms with Crippen LogP contribution in [-0.4, -0.2) is 26.7 Å². The molecule has 2 rings (SSSR count). The number of nitrogens with zero attached hydrogens (tertiary/aromatic N) is 1. The fourth-order valence-corrected chi connectivity index (χ4v) is 2.91. The van der Waals surface area contributed by atoms with E-state index >= 15 is 0 Å². The predicted molar refractivity (Wildman–Crippen MR) is 100 cm³/mol. The van der Waals surface area contributed by atoms with E-state index < -0.39 is 0 Å². The molecule has 0 aliphatic rings. The summed E-state index contributed by atoms with van der Waals surface area (Å²) in [5.74, 6) is -0.122. The van der Waals surface area contributed by atoms with Crippen molar-refractivity contribution in [1.82, 2.24) is 9.97 Å². The largest absolute Gasteiger partial charge is 0.493 e. The lowest BCUT2D eigenvalue weighted by Gasteiger charge is -2.08. The first-order valence-electron chi connectivity index (χ1n) is 7.86. The Bertz CT molecular complexity index is 808. The van der Waals surface area contributed by atoms with Gasteiger partial charge >= 0.3 is 0 Å². The minimum absolute atomic E-state index is 0.0267. The van der Waals surface area contributed by atoms with Crippen molar-refractivity contribution >= 4 is 35.0 Å². The quantitative estimate of drug-likeness (QED) is 0.504. The van der Waals surface area contributed by atoms with Gasteiger partial charge in [-0.2, -0.15) is 4.98 Å². The number of aromatic amines is 1. The van der Waals surface area contributed by atoms with Gasteiger partial charge in [0.15, 0.2) is 5.16 Å². The minimum Gasteiger partial charge on any atom is -0.493 e. The summed E-state index contributed by atoms with van der Waals surface area (Å²) < 4.78 is 0. The molecule has 0 spiro atoms. The second kappa shape index (κ2) is 8.92. The zero-order chi connectivity index (χ0) is 18.4. The highest BCUT2D eigenvalue weighted by atomic mass is 35.5. The Morgan fingerprint density at radius 2 is 2.12 bits per heavy atom. The minimum atomic E-state index is -0.373. The summed E-state index contributed by atoms with van der Waals surface area (Å²) in [5, 5.41) is 13.3. The van der Waals surface area contributed by atoms with Crippen LogP contribution >= 0.6 is 23.4 Å². The second-order valence-corrected chi connectivity index (χ2v) is 7.29. The highest BCUT2D eigenvalue weighted by molar-refractivity contribution is 7.99. The van der Waals surface area contributed by atoms with Gasteiger partial charge in [0.1, 0.15) is 0 Å². The molecule has 2 aromatic rings. The fraction of sp³-hybridized carbons (Fsp3) is 0.353. The molecule has 134 valence electrons. The molecule has 0 atom stereocenters. The Hall–Kier alpha value is -1.99. The molecule has 1 aromatic heterocycles. The highest BCUT2D eigenvalue weighted by Crippen LogP contribution is 2.22. The molecule has 8 heteroatoms. The van der Waals surface area contributed by atoms with Gasteiger partial charge in [0.05, 0.1) is 22.0 Å². The molecule has 0 aliphatic carbocycles. The Labute approximate surface area is 155 Å². The number of carbonyl (C=O) groups is 1. The number of para-hydroxylation sites is 1. The Kier molecular flexibility index (Phi) is 6.90. The van der Waals surface area contributed by atoms with Crippen LogP contribution in [0.3, 0.4) is 0 Å². The van der Waals surface area contributed by atoms with E-state index in [-0.39, 0.29) is 33.8 Å². The maximum atomic E-state index is 12.1. The third-order valence-corrected chi connectivity index (χ3v) is 4.63. The number of benzene rings is 1. The average Bonchev–Trinajstić information content (AvgIpc) is 2.54. The molecule has 3 N–H and O–H groups in total. The van der Waals surface area contributed by atoms with Gasteiger partial charge in [-0.1, -0.05) is 49.3 Å². The van der Waals surface area contributed by atoms with E-state index in [9.17, 15) is 14.7 Å². The van der Waals surface area contributed by atoms with E-state index in [1.54, 1.807) is 24.3 Å². The number of amides is 1. The van der Waals surface area contributed by atoms with Gasteiger partial charge in [-0.05, 0) is 30.9 Å². The van der Waals surface area contributed by atoms with E-state index in [4.69, 9.17) is 11.6 Å². The molecule has 0 fully saturated rings. The summed E-state index contributed by atoms with van der Waals surface area (Å²) in [4.78, 5) is 30.6. The first-order chi connectivity index (χ1) is 11.9. The van der Waals surface area contributed by atoms with Gasteiger partial charge in [0.25, 0.3) is 5.56 Å². The number of aromatic nitrogens is 2. The van der Waals surface area contributed by atoms with Crippen molar-refractivity contribution in [2.24, 2.45) is 5.92 Å². The first-order valence-corrected chi connectivity index (χ1v) is 9.22. The normalized spacial score (nSPS) is 10.9. The first kappa shape index (κ1) is 19.3. The standard InChI is InChI=1S/C17H20ClN3O3S/c1-10(2)7-8-11-15(23)20-17(21-16(11)24)25-9-14(22)19-13-6-4-3-5-12(13)18/h3-6,10H,7-9H2,1-2H3,(H,19,22)(H2,20,21,23,24). The van der Waals surface area contributed by atoms with Crippen LogP contribution in [0.25, 0.3) is 0 Å². The number of aromatic hydroxyl groups is 1. The van der Waals surface area contributed by atoms with Crippen molar-refractivity contribution in [2.45, 2.75) is 31.8 Å². The van der Waals surface area contributed by atoms with Crippen molar-refractivity contribution in [3.8, 4) is 5.88 Å². The molecule has 0 unspecified atom stereocenters. The number of hydrogen-bond acceptors (Lipinski definition) is 5. The van der Waals surface area contributed by atoms with Crippen LogP contribution in [0.1, 0.15) is 25.8 Å². The lowest BCUT2D eigenvalue weighted by molar-refractivity contribution is -0.113. The summed E-state index contributed by atoms with van der Waals surface area (Å²) in [6.45, 7) is 4.08. The van der Waals surface area contributed by atoms with Crippen molar-refractivity contribution in [1.29, 1.82) is 0 Å². The molecule has 0 saturated heterocycles. The van der Waals surface area contributed by atoms with Gasteiger partial charge < -0.3 is 15.4 Å². The second-order valence-electron chi connectivity index (χ2n) is 5.92. The molecule has 6 nitrogen and oxygen atoms in total. The molecule has 0 bridgehead atoms. The van der Waals surface area contributed by atoms with Crippen LogP contribution in [0, 0.1) is 5.92 Å². The molecular formula is C17H20ClN3O3S. The summed E-state index contributed by atoms with van der Waals surface area (Å²) in [6.07, 6.45) is 1.24. The Morgan fingerprint density at radius 3 is 2.76 bits per heavy atom. The average molecular weight is 382 g/mol. The number of rotatable bonds is 7.